The van der Waals surface area contributed by atoms with E-state index in [4.69, 9.17) is 11.6 Å². The Balaban J connectivity index is 3.02. The first kappa shape index (κ1) is 13.0. The lowest BCUT2D eigenvalue weighted by Crippen LogP contribution is -2.15. The topological polar surface area (TPSA) is 34.1 Å². The lowest BCUT2D eigenvalue weighted by atomic mass is 10.3. The third-order valence-electron chi connectivity index (χ3n) is 1.94. The molecule has 0 saturated carbocycles. The van der Waals surface area contributed by atoms with Crippen molar-refractivity contribution in [1.82, 2.24) is 0 Å². The van der Waals surface area contributed by atoms with Gasteiger partial charge < -0.3 is 0 Å². The molecular weight excluding hydrogens is 300 g/mol. The molecule has 0 aliphatic heterocycles. The third kappa shape index (κ3) is 3.47. The van der Waals surface area contributed by atoms with Gasteiger partial charge in [0.25, 0.3) is 0 Å². The number of halogens is 2. The van der Waals surface area contributed by atoms with E-state index in [9.17, 15) is 8.42 Å². The Labute approximate surface area is 104 Å². The predicted molar refractivity (Wildman–Crippen MR) is 66.1 cm³/mol. The van der Waals surface area contributed by atoms with Crippen LogP contribution in [0.1, 0.15) is 6.92 Å². The van der Waals surface area contributed by atoms with Gasteiger partial charge in [-0.2, -0.15) is 0 Å². The van der Waals surface area contributed by atoms with Crippen molar-refractivity contribution in [2.45, 2.75) is 11.8 Å². The Morgan fingerprint density at radius 1 is 1.40 bits per heavy atom. The molecule has 5 heteroatoms. The Morgan fingerprint density at radius 2 is 2.00 bits per heavy atom. The van der Waals surface area contributed by atoms with Gasteiger partial charge in [-0.25, -0.2) is 8.42 Å². The van der Waals surface area contributed by atoms with Crippen molar-refractivity contribution < 1.29 is 8.42 Å². The zero-order valence-electron chi connectivity index (χ0n) is 8.28. The number of rotatable bonds is 4. The standard InChI is InChI=1S/C10H12BrClO2S/c1-8(6-12)7-15(13,14)10-5-3-2-4-9(10)11/h2-5,8H,6-7H2,1H3. The molecule has 0 fully saturated rings. The molecule has 0 heterocycles. The Bertz CT molecular complexity index is 431. The first-order chi connectivity index (χ1) is 6.97. The molecule has 0 bridgehead atoms. The minimum atomic E-state index is -3.23. The molecule has 1 aromatic carbocycles. The number of benzene rings is 1. The summed E-state index contributed by atoms with van der Waals surface area (Å²) in [4.78, 5) is 0.335. The summed E-state index contributed by atoms with van der Waals surface area (Å²) < 4.78 is 24.5. The van der Waals surface area contributed by atoms with Crippen LogP contribution in [-0.4, -0.2) is 20.1 Å². The van der Waals surface area contributed by atoms with Crippen LogP contribution < -0.4 is 0 Å². The average Bonchev–Trinajstić information content (AvgIpc) is 2.17. The van der Waals surface area contributed by atoms with E-state index < -0.39 is 9.84 Å². The van der Waals surface area contributed by atoms with Gasteiger partial charge in [0.15, 0.2) is 9.84 Å². The van der Waals surface area contributed by atoms with Crippen molar-refractivity contribution in [3.63, 3.8) is 0 Å². The highest BCUT2D eigenvalue weighted by molar-refractivity contribution is 9.10. The molecule has 84 valence electrons. The lowest BCUT2D eigenvalue weighted by molar-refractivity contribution is 0.582. The van der Waals surface area contributed by atoms with Gasteiger partial charge in [-0.1, -0.05) is 19.1 Å². The van der Waals surface area contributed by atoms with E-state index in [1.165, 1.54) is 0 Å². The summed E-state index contributed by atoms with van der Waals surface area (Å²) in [6.45, 7) is 1.82. The average molecular weight is 312 g/mol. The third-order valence-corrected chi connectivity index (χ3v) is 5.45. The Hall–Kier alpha value is -0.0600. The second-order valence-electron chi connectivity index (χ2n) is 3.47. The summed E-state index contributed by atoms with van der Waals surface area (Å²) in [6.07, 6.45) is 0. The fraction of sp³-hybridized carbons (Fsp3) is 0.400. The second kappa shape index (κ2) is 5.32. The molecule has 0 spiro atoms. The number of hydrogen-bond acceptors (Lipinski definition) is 2. The molecule has 0 amide bonds. The van der Waals surface area contributed by atoms with Gasteiger partial charge in [0, 0.05) is 10.4 Å². The van der Waals surface area contributed by atoms with Crippen LogP contribution in [0, 0.1) is 5.92 Å². The van der Waals surface area contributed by atoms with Crippen molar-refractivity contribution in [3.8, 4) is 0 Å². The van der Waals surface area contributed by atoms with Crippen LogP contribution in [0.5, 0.6) is 0 Å². The fourth-order valence-electron chi connectivity index (χ4n) is 1.21. The predicted octanol–water partition coefficient (Wildman–Crippen LogP) is 3.10. The molecule has 0 aliphatic rings. The molecule has 0 saturated heterocycles. The largest absolute Gasteiger partial charge is 0.224 e. The van der Waals surface area contributed by atoms with E-state index in [0.29, 0.717) is 15.2 Å². The first-order valence-electron chi connectivity index (χ1n) is 4.50. The molecule has 1 atom stereocenters. The van der Waals surface area contributed by atoms with Crippen LogP contribution in [0.25, 0.3) is 0 Å². The minimum absolute atomic E-state index is 0.0382. The first-order valence-corrected chi connectivity index (χ1v) is 7.48. The van der Waals surface area contributed by atoms with E-state index in [1.54, 1.807) is 24.3 Å². The lowest BCUT2D eigenvalue weighted by Gasteiger charge is -2.09. The summed E-state index contributed by atoms with van der Waals surface area (Å²) in [5.41, 5.74) is 0. The molecule has 15 heavy (non-hydrogen) atoms. The van der Waals surface area contributed by atoms with Crippen molar-refractivity contribution in [1.29, 1.82) is 0 Å². The zero-order valence-corrected chi connectivity index (χ0v) is 11.4. The van der Waals surface area contributed by atoms with Gasteiger partial charge in [-0.05, 0) is 34.0 Å². The number of sulfone groups is 1. The van der Waals surface area contributed by atoms with E-state index in [2.05, 4.69) is 15.9 Å². The quantitative estimate of drug-likeness (QED) is 0.801. The molecule has 2 nitrogen and oxygen atoms in total. The van der Waals surface area contributed by atoms with Crippen molar-refractivity contribution in [2.75, 3.05) is 11.6 Å². The molecule has 1 aromatic rings. The summed E-state index contributed by atoms with van der Waals surface area (Å²) >= 11 is 8.84. The van der Waals surface area contributed by atoms with Gasteiger partial charge in [0.05, 0.1) is 10.6 Å². The van der Waals surface area contributed by atoms with Crippen LogP contribution in [0.4, 0.5) is 0 Å². The van der Waals surface area contributed by atoms with E-state index in [1.807, 2.05) is 6.92 Å². The van der Waals surface area contributed by atoms with E-state index in [0.717, 1.165) is 0 Å². The highest BCUT2D eigenvalue weighted by Crippen LogP contribution is 2.23. The maximum absolute atomic E-state index is 11.9. The highest BCUT2D eigenvalue weighted by Gasteiger charge is 2.20. The fourth-order valence-corrected chi connectivity index (χ4v) is 4.17. The van der Waals surface area contributed by atoms with Gasteiger partial charge in [-0.3, -0.25) is 0 Å². The van der Waals surface area contributed by atoms with Crippen molar-refractivity contribution in [2.24, 2.45) is 5.92 Å². The number of alkyl halides is 1. The molecule has 0 aliphatic carbocycles. The van der Waals surface area contributed by atoms with Crippen LogP contribution in [0.2, 0.25) is 0 Å². The van der Waals surface area contributed by atoms with Crippen molar-refractivity contribution >= 4 is 37.4 Å². The van der Waals surface area contributed by atoms with Gasteiger partial charge in [0.2, 0.25) is 0 Å². The Morgan fingerprint density at radius 3 is 2.53 bits per heavy atom. The molecule has 0 radical (unpaired) electrons. The van der Waals surface area contributed by atoms with Crippen LogP contribution in [0.15, 0.2) is 33.6 Å². The molecule has 1 unspecified atom stereocenters. The normalized spacial score (nSPS) is 13.8. The summed E-state index contributed by atoms with van der Waals surface area (Å²) in [7, 11) is -3.23. The van der Waals surface area contributed by atoms with Gasteiger partial charge in [0.1, 0.15) is 0 Å². The monoisotopic (exact) mass is 310 g/mol. The van der Waals surface area contributed by atoms with Crippen LogP contribution in [-0.2, 0) is 9.84 Å². The summed E-state index contributed by atoms with van der Waals surface area (Å²) in [6, 6.07) is 6.82. The van der Waals surface area contributed by atoms with Gasteiger partial charge in [-0.15, -0.1) is 11.6 Å². The number of hydrogen-bond donors (Lipinski definition) is 0. The molecular formula is C10H12BrClO2S. The summed E-state index contributed by atoms with van der Waals surface area (Å²) in [5, 5.41) is 0. The zero-order chi connectivity index (χ0) is 11.5. The van der Waals surface area contributed by atoms with Gasteiger partial charge >= 0.3 is 0 Å². The maximum atomic E-state index is 11.9. The highest BCUT2D eigenvalue weighted by atomic mass is 79.9. The van der Waals surface area contributed by atoms with E-state index in [-0.39, 0.29) is 11.7 Å². The molecule has 0 N–H and O–H groups in total. The van der Waals surface area contributed by atoms with Crippen LogP contribution >= 0.6 is 27.5 Å². The molecule has 0 aromatic heterocycles. The van der Waals surface area contributed by atoms with E-state index >= 15 is 0 Å². The SMILES string of the molecule is CC(CCl)CS(=O)(=O)c1ccccc1Br. The maximum Gasteiger partial charge on any atom is 0.179 e. The van der Waals surface area contributed by atoms with Crippen molar-refractivity contribution in [3.05, 3.63) is 28.7 Å². The smallest absolute Gasteiger partial charge is 0.179 e. The molecule has 1 rings (SSSR count). The minimum Gasteiger partial charge on any atom is -0.224 e. The van der Waals surface area contributed by atoms with Crippen LogP contribution in [0.3, 0.4) is 0 Å². The Kier molecular flexibility index (Phi) is 4.62. The second-order valence-corrected chi connectivity index (χ2v) is 6.64. The summed E-state index contributed by atoms with van der Waals surface area (Å²) in [5.74, 6) is 0.395.